The quantitative estimate of drug-likeness (QED) is 0.833. The Hall–Kier alpha value is -1.86. The molecule has 2 aromatic rings. The molecule has 0 saturated heterocycles. The lowest BCUT2D eigenvalue weighted by molar-refractivity contribution is -0.123. The third kappa shape index (κ3) is 4.11. The molecular weight excluding hydrogens is 320 g/mol. The third-order valence-corrected chi connectivity index (χ3v) is 4.13. The van der Waals surface area contributed by atoms with E-state index < -0.39 is 0 Å². The van der Waals surface area contributed by atoms with Gasteiger partial charge in [-0.2, -0.15) is 4.98 Å². The molecule has 0 bridgehead atoms. The van der Waals surface area contributed by atoms with Crippen molar-refractivity contribution in [3.8, 4) is 11.6 Å². The zero-order chi connectivity index (χ0) is 15.4. The number of carbonyl (C=O) groups is 1. The minimum Gasteiger partial charge on any atom is -0.461 e. The first-order chi connectivity index (χ1) is 10.7. The molecule has 0 spiro atoms. The van der Waals surface area contributed by atoms with E-state index in [0.717, 1.165) is 25.7 Å². The number of rotatable bonds is 6. The van der Waals surface area contributed by atoms with Crippen molar-refractivity contribution >= 4 is 18.3 Å². The van der Waals surface area contributed by atoms with Gasteiger partial charge in [-0.05, 0) is 25.0 Å². The molecule has 1 amide bonds. The fraction of sp³-hybridized carbons (Fsp3) is 0.533. The van der Waals surface area contributed by atoms with Gasteiger partial charge in [0, 0.05) is 19.4 Å². The van der Waals surface area contributed by atoms with Crippen molar-refractivity contribution < 1.29 is 13.7 Å². The molecule has 8 heteroatoms. The number of aromatic nitrogens is 2. The topological polar surface area (TPSA) is 107 Å². The van der Waals surface area contributed by atoms with Crippen LogP contribution in [0, 0.1) is 0 Å². The van der Waals surface area contributed by atoms with Gasteiger partial charge in [0.2, 0.25) is 17.6 Å². The molecule has 3 rings (SSSR count). The standard InChI is InChI=1S/C15H20N4O3.ClH/c16-10-15(7-1-2-8-15)18-12(20)5-6-13-17-14(19-22-13)11-4-3-9-21-11;/h3-4,9H,1-2,5-8,10,16H2,(H,18,20);1H. The van der Waals surface area contributed by atoms with E-state index in [1.165, 1.54) is 0 Å². The van der Waals surface area contributed by atoms with Crippen LogP contribution in [0.2, 0.25) is 0 Å². The second kappa shape index (κ2) is 7.61. The van der Waals surface area contributed by atoms with Gasteiger partial charge in [0.25, 0.3) is 0 Å². The van der Waals surface area contributed by atoms with Gasteiger partial charge < -0.3 is 20.0 Å². The van der Waals surface area contributed by atoms with Crippen molar-refractivity contribution in [1.82, 2.24) is 15.5 Å². The molecule has 1 aliphatic rings. The fourth-order valence-electron chi connectivity index (χ4n) is 2.87. The summed E-state index contributed by atoms with van der Waals surface area (Å²) in [6, 6.07) is 3.51. The lowest BCUT2D eigenvalue weighted by Gasteiger charge is -2.28. The highest BCUT2D eigenvalue weighted by Gasteiger charge is 2.33. The lowest BCUT2D eigenvalue weighted by Crippen LogP contribution is -2.51. The van der Waals surface area contributed by atoms with Gasteiger partial charge in [0.1, 0.15) is 0 Å². The summed E-state index contributed by atoms with van der Waals surface area (Å²) in [6.45, 7) is 0.488. The lowest BCUT2D eigenvalue weighted by atomic mass is 9.97. The summed E-state index contributed by atoms with van der Waals surface area (Å²) in [5.41, 5.74) is 5.60. The second-order valence-electron chi connectivity index (χ2n) is 5.73. The summed E-state index contributed by atoms with van der Waals surface area (Å²) in [4.78, 5) is 16.3. The average Bonchev–Trinajstić information content (AvgIpc) is 3.26. The molecule has 1 aliphatic carbocycles. The normalized spacial score (nSPS) is 16.0. The van der Waals surface area contributed by atoms with Crippen molar-refractivity contribution in [1.29, 1.82) is 0 Å². The van der Waals surface area contributed by atoms with E-state index in [0.29, 0.717) is 36.9 Å². The van der Waals surface area contributed by atoms with E-state index in [9.17, 15) is 4.79 Å². The largest absolute Gasteiger partial charge is 0.461 e. The summed E-state index contributed by atoms with van der Waals surface area (Å²) in [5.74, 6) is 1.35. The number of halogens is 1. The Morgan fingerprint density at radius 3 is 2.83 bits per heavy atom. The molecule has 1 fully saturated rings. The van der Waals surface area contributed by atoms with Crippen molar-refractivity contribution in [2.75, 3.05) is 6.54 Å². The first-order valence-electron chi connectivity index (χ1n) is 7.58. The van der Waals surface area contributed by atoms with Gasteiger partial charge in [0.15, 0.2) is 5.76 Å². The monoisotopic (exact) mass is 340 g/mol. The number of carbonyl (C=O) groups excluding carboxylic acids is 1. The van der Waals surface area contributed by atoms with E-state index in [1.54, 1.807) is 18.4 Å². The first-order valence-corrected chi connectivity index (χ1v) is 7.58. The molecule has 1 saturated carbocycles. The van der Waals surface area contributed by atoms with E-state index in [1.807, 2.05) is 0 Å². The molecule has 0 aromatic carbocycles. The Morgan fingerprint density at radius 1 is 1.39 bits per heavy atom. The minimum atomic E-state index is -0.217. The number of nitrogens with one attached hydrogen (secondary N) is 1. The Balaban J connectivity index is 0.00000192. The summed E-state index contributed by atoms with van der Waals surface area (Å²) < 4.78 is 10.3. The van der Waals surface area contributed by atoms with Crippen molar-refractivity contribution in [3.05, 3.63) is 24.3 Å². The third-order valence-electron chi connectivity index (χ3n) is 4.13. The molecule has 0 radical (unpaired) electrons. The zero-order valence-electron chi connectivity index (χ0n) is 12.8. The zero-order valence-corrected chi connectivity index (χ0v) is 13.6. The summed E-state index contributed by atoms with van der Waals surface area (Å²) in [7, 11) is 0. The van der Waals surface area contributed by atoms with Crippen LogP contribution in [-0.2, 0) is 11.2 Å². The van der Waals surface area contributed by atoms with E-state index >= 15 is 0 Å². The van der Waals surface area contributed by atoms with E-state index in [-0.39, 0.29) is 23.9 Å². The Labute approximate surface area is 140 Å². The maximum atomic E-state index is 12.1. The highest BCUT2D eigenvalue weighted by atomic mass is 35.5. The van der Waals surface area contributed by atoms with Gasteiger partial charge in [0.05, 0.1) is 11.8 Å². The molecule has 2 aromatic heterocycles. The number of amides is 1. The van der Waals surface area contributed by atoms with Crippen LogP contribution in [0.1, 0.15) is 38.0 Å². The molecule has 23 heavy (non-hydrogen) atoms. The molecule has 2 heterocycles. The predicted octanol–water partition coefficient (Wildman–Crippen LogP) is 2.07. The number of nitrogens with two attached hydrogens (primary N) is 1. The van der Waals surface area contributed by atoms with Crippen LogP contribution < -0.4 is 11.1 Å². The van der Waals surface area contributed by atoms with Gasteiger partial charge in [-0.3, -0.25) is 4.79 Å². The van der Waals surface area contributed by atoms with Crippen LogP contribution in [0.5, 0.6) is 0 Å². The maximum Gasteiger partial charge on any atom is 0.238 e. The average molecular weight is 341 g/mol. The van der Waals surface area contributed by atoms with Crippen molar-refractivity contribution in [2.24, 2.45) is 5.73 Å². The summed E-state index contributed by atoms with van der Waals surface area (Å²) >= 11 is 0. The molecule has 0 unspecified atom stereocenters. The smallest absolute Gasteiger partial charge is 0.238 e. The van der Waals surface area contributed by atoms with Crippen LogP contribution in [-0.4, -0.2) is 28.1 Å². The van der Waals surface area contributed by atoms with E-state index in [2.05, 4.69) is 15.5 Å². The Morgan fingerprint density at radius 2 is 2.17 bits per heavy atom. The number of hydrogen-bond donors (Lipinski definition) is 2. The summed E-state index contributed by atoms with van der Waals surface area (Å²) in [6.07, 6.45) is 6.41. The SMILES string of the molecule is Cl.NCC1(NC(=O)CCc2nc(-c3ccco3)no2)CCCC1. The molecule has 0 atom stereocenters. The van der Waals surface area contributed by atoms with Crippen LogP contribution in [0.3, 0.4) is 0 Å². The number of hydrogen-bond acceptors (Lipinski definition) is 6. The van der Waals surface area contributed by atoms with Crippen molar-refractivity contribution in [2.45, 2.75) is 44.1 Å². The fourth-order valence-corrected chi connectivity index (χ4v) is 2.87. The Bertz CT molecular complexity index is 620. The summed E-state index contributed by atoms with van der Waals surface area (Å²) in [5, 5.41) is 6.91. The number of furan rings is 1. The van der Waals surface area contributed by atoms with Gasteiger partial charge >= 0.3 is 0 Å². The van der Waals surface area contributed by atoms with Crippen molar-refractivity contribution in [3.63, 3.8) is 0 Å². The van der Waals surface area contributed by atoms with Crippen LogP contribution in [0.15, 0.2) is 27.3 Å². The molecule has 126 valence electrons. The van der Waals surface area contributed by atoms with Gasteiger partial charge in [-0.1, -0.05) is 18.0 Å². The molecule has 3 N–H and O–H groups in total. The van der Waals surface area contributed by atoms with Crippen LogP contribution >= 0.6 is 12.4 Å². The van der Waals surface area contributed by atoms with E-state index in [4.69, 9.17) is 14.7 Å². The number of aryl methyl sites for hydroxylation is 1. The molecule has 7 nitrogen and oxygen atoms in total. The first kappa shape index (κ1) is 17.5. The highest BCUT2D eigenvalue weighted by Crippen LogP contribution is 2.28. The van der Waals surface area contributed by atoms with Gasteiger partial charge in [-0.25, -0.2) is 0 Å². The number of nitrogens with zero attached hydrogens (tertiary/aromatic N) is 2. The predicted molar refractivity (Wildman–Crippen MR) is 86.0 cm³/mol. The highest BCUT2D eigenvalue weighted by molar-refractivity contribution is 5.85. The molecule has 0 aliphatic heterocycles. The van der Waals surface area contributed by atoms with Crippen LogP contribution in [0.4, 0.5) is 0 Å². The Kier molecular flexibility index (Phi) is 5.79. The van der Waals surface area contributed by atoms with Crippen LogP contribution in [0.25, 0.3) is 11.6 Å². The maximum absolute atomic E-state index is 12.1. The van der Waals surface area contributed by atoms with Gasteiger partial charge in [-0.15, -0.1) is 12.4 Å². The second-order valence-corrected chi connectivity index (χ2v) is 5.73. The molecular formula is C15H21ClN4O3. The minimum absolute atomic E-state index is 0.